The third-order valence-corrected chi connectivity index (χ3v) is 2.02. The molecule has 0 heterocycles. The summed E-state index contributed by atoms with van der Waals surface area (Å²) in [7, 11) is 0. The first-order valence-electron chi connectivity index (χ1n) is 3.38. The predicted octanol–water partition coefficient (Wildman–Crippen LogP) is 2.84. The second-order valence-electron chi connectivity index (χ2n) is 2.59. The molecule has 0 bridgehead atoms. The van der Waals surface area contributed by atoms with Crippen LogP contribution in [0.25, 0.3) is 0 Å². The van der Waals surface area contributed by atoms with E-state index >= 15 is 0 Å². The first-order valence-corrected chi connectivity index (χ1v) is 4.17. The molecule has 0 radical (unpaired) electrons. The average molecular weight is 213 g/mol. The normalized spacial score (nSPS) is 9.73. The Balaban J connectivity index is 3.20. The molecule has 1 nitrogen and oxygen atoms in total. The van der Waals surface area contributed by atoms with E-state index in [2.05, 4.69) is 15.9 Å². The van der Waals surface area contributed by atoms with Crippen molar-refractivity contribution in [3.63, 3.8) is 0 Å². The van der Waals surface area contributed by atoms with Crippen LogP contribution >= 0.6 is 15.9 Å². The minimum absolute atomic E-state index is 0.0463. The summed E-state index contributed by atoms with van der Waals surface area (Å²) in [5.74, 6) is 0. The third-order valence-electron chi connectivity index (χ3n) is 1.59. The van der Waals surface area contributed by atoms with Gasteiger partial charge in [0.1, 0.15) is 0 Å². The van der Waals surface area contributed by atoms with Crippen LogP contribution in [0.4, 0.5) is 0 Å². The van der Waals surface area contributed by atoms with Gasteiger partial charge in [-0.05, 0) is 41.4 Å². The van der Waals surface area contributed by atoms with Crippen LogP contribution in [0, 0.1) is 13.8 Å². The molecule has 0 atom stereocenters. The van der Waals surface area contributed by atoms with Gasteiger partial charge in [-0.2, -0.15) is 0 Å². The molecule has 1 rings (SSSR count). The number of benzene rings is 1. The smallest absolute Gasteiger partial charge is 0.228 e. The molecule has 0 aromatic heterocycles. The topological polar surface area (TPSA) is 17.1 Å². The van der Waals surface area contributed by atoms with Crippen molar-refractivity contribution in [2.45, 2.75) is 13.8 Å². The molecule has 2 heteroatoms. The van der Waals surface area contributed by atoms with E-state index in [0.29, 0.717) is 0 Å². The van der Waals surface area contributed by atoms with Gasteiger partial charge in [0.25, 0.3) is 0 Å². The van der Waals surface area contributed by atoms with Crippen LogP contribution in [-0.2, 0) is 0 Å². The van der Waals surface area contributed by atoms with Gasteiger partial charge in [0.15, 0.2) is 0 Å². The maximum Gasteiger partial charge on any atom is 0.228 e. The van der Waals surface area contributed by atoms with Gasteiger partial charge in [0.05, 0.1) is 0 Å². The zero-order valence-electron chi connectivity index (χ0n) is 6.52. The molecule has 58 valence electrons. The average Bonchev–Trinajstić information content (AvgIpc) is 1.85. The molecule has 1 aromatic carbocycles. The number of aryl methyl sites for hydroxylation is 2. The minimum Gasteiger partial charge on any atom is -0.281 e. The van der Waals surface area contributed by atoms with Crippen molar-refractivity contribution in [1.82, 2.24) is 0 Å². The zero-order chi connectivity index (χ0) is 8.43. The summed E-state index contributed by atoms with van der Waals surface area (Å²) in [4.78, 5) is 10.9. The van der Waals surface area contributed by atoms with Crippen LogP contribution in [0.15, 0.2) is 18.2 Å². The minimum atomic E-state index is -0.0463. The predicted molar refractivity (Wildman–Crippen MR) is 49.2 cm³/mol. The number of carbonyl (C=O) groups excluding carboxylic acids is 1. The highest BCUT2D eigenvalue weighted by atomic mass is 79.9. The van der Waals surface area contributed by atoms with Crippen molar-refractivity contribution < 1.29 is 4.79 Å². The first-order chi connectivity index (χ1) is 5.11. The fourth-order valence-electron chi connectivity index (χ4n) is 1.03. The van der Waals surface area contributed by atoms with E-state index in [1.165, 1.54) is 5.56 Å². The Morgan fingerprint density at radius 2 is 2.00 bits per heavy atom. The number of hydrogen-bond donors (Lipinski definition) is 0. The summed E-state index contributed by atoms with van der Waals surface area (Å²) in [6.45, 7) is 3.94. The molecular formula is C9H9BrO. The van der Waals surface area contributed by atoms with Crippen LogP contribution in [0.3, 0.4) is 0 Å². The Bertz CT molecular complexity index is 292. The Morgan fingerprint density at radius 3 is 2.45 bits per heavy atom. The molecule has 11 heavy (non-hydrogen) atoms. The molecule has 0 aliphatic carbocycles. The molecule has 0 N–H and O–H groups in total. The molecule has 1 aromatic rings. The zero-order valence-corrected chi connectivity index (χ0v) is 8.10. The lowest BCUT2D eigenvalue weighted by molar-refractivity contribution is 0.109. The lowest BCUT2D eigenvalue weighted by atomic mass is 10.1. The van der Waals surface area contributed by atoms with Crippen LogP contribution < -0.4 is 0 Å². The van der Waals surface area contributed by atoms with E-state index in [1.54, 1.807) is 0 Å². The molecule has 0 unspecified atom stereocenters. The van der Waals surface area contributed by atoms with E-state index in [1.807, 2.05) is 32.0 Å². The standard InChI is InChI=1S/C9H9BrO/c1-6-3-4-8(9(10)11)7(2)5-6/h3-5H,1-2H3. The van der Waals surface area contributed by atoms with Gasteiger partial charge in [-0.3, -0.25) is 4.79 Å². The Hall–Kier alpha value is -0.630. The van der Waals surface area contributed by atoms with Gasteiger partial charge in [-0.15, -0.1) is 0 Å². The number of carbonyl (C=O) groups is 1. The summed E-state index contributed by atoms with van der Waals surface area (Å²) in [6, 6.07) is 5.76. The van der Waals surface area contributed by atoms with E-state index in [4.69, 9.17) is 0 Å². The van der Waals surface area contributed by atoms with E-state index in [-0.39, 0.29) is 4.69 Å². The molecule has 0 saturated carbocycles. The molecule has 0 aliphatic heterocycles. The highest BCUT2D eigenvalue weighted by molar-refractivity contribution is 9.18. The van der Waals surface area contributed by atoms with Crippen molar-refractivity contribution in [3.8, 4) is 0 Å². The Kier molecular flexibility index (Phi) is 2.45. The van der Waals surface area contributed by atoms with Gasteiger partial charge in [0, 0.05) is 5.56 Å². The molecule has 0 spiro atoms. The Morgan fingerprint density at radius 1 is 1.36 bits per heavy atom. The molecule has 0 fully saturated rings. The highest BCUT2D eigenvalue weighted by Crippen LogP contribution is 2.13. The monoisotopic (exact) mass is 212 g/mol. The lowest BCUT2D eigenvalue weighted by Gasteiger charge is -2.00. The van der Waals surface area contributed by atoms with Crippen molar-refractivity contribution in [2.75, 3.05) is 0 Å². The second kappa shape index (κ2) is 3.18. The quantitative estimate of drug-likeness (QED) is 0.655. The van der Waals surface area contributed by atoms with Gasteiger partial charge < -0.3 is 0 Å². The largest absolute Gasteiger partial charge is 0.281 e. The summed E-state index contributed by atoms with van der Waals surface area (Å²) < 4.78 is -0.0463. The maximum absolute atomic E-state index is 10.9. The van der Waals surface area contributed by atoms with E-state index < -0.39 is 0 Å². The van der Waals surface area contributed by atoms with Crippen LogP contribution in [0.2, 0.25) is 0 Å². The fourth-order valence-corrected chi connectivity index (χ4v) is 1.48. The third kappa shape index (κ3) is 1.90. The maximum atomic E-state index is 10.9. The molecule has 0 amide bonds. The SMILES string of the molecule is Cc1ccc(C(=O)Br)c(C)c1. The summed E-state index contributed by atoms with van der Waals surface area (Å²) >= 11 is 2.92. The van der Waals surface area contributed by atoms with E-state index in [9.17, 15) is 4.79 Å². The van der Waals surface area contributed by atoms with Gasteiger partial charge >= 0.3 is 0 Å². The first kappa shape index (κ1) is 8.47. The number of rotatable bonds is 1. The summed E-state index contributed by atoms with van der Waals surface area (Å²) in [5.41, 5.74) is 2.95. The van der Waals surface area contributed by atoms with Gasteiger partial charge in [-0.1, -0.05) is 17.7 Å². The number of hydrogen-bond acceptors (Lipinski definition) is 1. The van der Waals surface area contributed by atoms with Crippen molar-refractivity contribution in [1.29, 1.82) is 0 Å². The second-order valence-corrected chi connectivity index (χ2v) is 3.31. The summed E-state index contributed by atoms with van der Waals surface area (Å²) in [5, 5.41) is 0. The van der Waals surface area contributed by atoms with Crippen molar-refractivity contribution in [3.05, 3.63) is 34.9 Å². The van der Waals surface area contributed by atoms with Crippen molar-refractivity contribution in [2.24, 2.45) is 0 Å². The van der Waals surface area contributed by atoms with E-state index in [0.717, 1.165) is 11.1 Å². The van der Waals surface area contributed by atoms with Gasteiger partial charge in [0.2, 0.25) is 4.69 Å². The lowest BCUT2D eigenvalue weighted by Crippen LogP contribution is -1.92. The van der Waals surface area contributed by atoms with Crippen molar-refractivity contribution >= 4 is 20.6 Å². The van der Waals surface area contributed by atoms with Crippen LogP contribution in [0.5, 0.6) is 0 Å². The highest BCUT2D eigenvalue weighted by Gasteiger charge is 2.03. The van der Waals surface area contributed by atoms with Crippen LogP contribution in [-0.4, -0.2) is 4.69 Å². The van der Waals surface area contributed by atoms with Crippen LogP contribution in [0.1, 0.15) is 21.5 Å². The number of halogens is 1. The summed E-state index contributed by atoms with van der Waals surface area (Å²) in [6.07, 6.45) is 0. The molecular weight excluding hydrogens is 204 g/mol. The Labute approximate surface area is 74.6 Å². The molecule has 0 aliphatic rings. The fraction of sp³-hybridized carbons (Fsp3) is 0.222. The molecule has 0 saturated heterocycles. The van der Waals surface area contributed by atoms with Gasteiger partial charge in [-0.25, -0.2) is 0 Å².